The van der Waals surface area contributed by atoms with E-state index in [-0.39, 0.29) is 10.9 Å². The number of sulfone groups is 1. The molecule has 20 heavy (non-hydrogen) atoms. The fourth-order valence-corrected chi connectivity index (χ4v) is 3.39. The van der Waals surface area contributed by atoms with Crippen molar-refractivity contribution in [2.75, 3.05) is 11.6 Å². The molecule has 5 heteroatoms. The molecule has 0 spiro atoms. The van der Waals surface area contributed by atoms with Gasteiger partial charge in [-0.25, -0.2) is 12.8 Å². The van der Waals surface area contributed by atoms with Crippen molar-refractivity contribution < 1.29 is 12.8 Å². The second kappa shape index (κ2) is 5.72. The third kappa shape index (κ3) is 3.51. The van der Waals surface area contributed by atoms with Crippen molar-refractivity contribution in [3.05, 3.63) is 24.0 Å². The SMILES string of the molecule is CC1CCC(Nc2cc(S(C)(=O)=O)ccc2F)CC1C. The van der Waals surface area contributed by atoms with Crippen LogP contribution in [0.2, 0.25) is 0 Å². The zero-order chi connectivity index (χ0) is 14.9. The Balaban J connectivity index is 2.17. The molecular formula is C15H22FNO2S. The monoisotopic (exact) mass is 299 g/mol. The van der Waals surface area contributed by atoms with Crippen LogP contribution in [0.1, 0.15) is 33.1 Å². The van der Waals surface area contributed by atoms with Gasteiger partial charge in [-0.1, -0.05) is 13.8 Å². The summed E-state index contributed by atoms with van der Waals surface area (Å²) in [5.41, 5.74) is 0.291. The molecule has 0 heterocycles. The Kier molecular flexibility index (Phi) is 4.37. The van der Waals surface area contributed by atoms with Gasteiger partial charge in [0.25, 0.3) is 0 Å². The molecule has 1 aromatic rings. The summed E-state index contributed by atoms with van der Waals surface area (Å²) in [5.74, 6) is 0.895. The van der Waals surface area contributed by atoms with Gasteiger partial charge < -0.3 is 5.32 Å². The predicted octanol–water partition coefficient (Wildman–Crippen LogP) is 3.47. The summed E-state index contributed by atoms with van der Waals surface area (Å²) < 4.78 is 36.9. The first-order chi connectivity index (χ1) is 9.27. The Morgan fingerprint density at radius 1 is 1.20 bits per heavy atom. The number of rotatable bonds is 3. The van der Waals surface area contributed by atoms with Crippen LogP contribution in [0.4, 0.5) is 10.1 Å². The Labute approximate surface area is 120 Å². The second-order valence-electron chi connectivity index (χ2n) is 6.02. The van der Waals surface area contributed by atoms with Gasteiger partial charge in [0.15, 0.2) is 9.84 Å². The highest BCUT2D eigenvalue weighted by Gasteiger charge is 2.25. The van der Waals surface area contributed by atoms with Crippen molar-refractivity contribution in [2.24, 2.45) is 11.8 Å². The summed E-state index contributed by atoms with van der Waals surface area (Å²) >= 11 is 0. The minimum atomic E-state index is -3.31. The quantitative estimate of drug-likeness (QED) is 0.869. The highest BCUT2D eigenvalue weighted by Crippen LogP contribution is 2.32. The van der Waals surface area contributed by atoms with Gasteiger partial charge in [0.05, 0.1) is 10.6 Å². The highest BCUT2D eigenvalue weighted by molar-refractivity contribution is 7.90. The van der Waals surface area contributed by atoms with E-state index < -0.39 is 15.7 Å². The molecule has 1 aliphatic carbocycles. The average Bonchev–Trinajstić information content (AvgIpc) is 2.35. The Morgan fingerprint density at radius 3 is 2.50 bits per heavy atom. The van der Waals surface area contributed by atoms with E-state index in [0.717, 1.165) is 25.5 Å². The average molecular weight is 299 g/mol. The van der Waals surface area contributed by atoms with Crippen LogP contribution < -0.4 is 5.32 Å². The zero-order valence-electron chi connectivity index (χ0n) is 12.2. The maximum absolute atomic E-state index is 13.8. The minimum absolute atomic E-state index is 0.152. The van der Waals surface area contributed by atoms with Crippen LogP contribution in [0.25, 0.3) is 0 Å². The van der Waals surface area contributed by atoms with Crippen LogP contribution in [0, 0.1) is 17.7 Å². The maximum Gasteiger partial charge on any atom is 0.175 e. The molecule has 1 aliphatic rings. The topological polar surface area (TPSA) is 46.2 Å². The van der Waals surface area contributed by atoms with Crippen LogP contribution in [0.15, 0.2) is 23.1 Å². The summed E-state index contributed by atoms with van der Waals surface area (Å²) in [6.45, 7) is 4.45. The Bertz CT molecular complexity index is 586. The van der Waals surface area contributed by atoms with Crippen LogP contribution >= 0.6 is 0 Å². The lowest BCUT2D eigenvalue weighted by Gasteiger charge is -2.33. The molecule has 3 atom stereocenters. The molecule has 1 saturated carbocycles. The van der Waals surface area contributed by atoms with Crippen molar-refractivity contribution >= 4 is 15.5 Å². The molecule has 1 N–H and O–H groups in total. The van der Waals surface area contributed by atoms with Crippen molar-refractivity contribution in [3.8, 4) is 0 Å². The number of benzene rings is 1. The van der Waals surface area contributed by atoms with Crippen LogP contribution in [-0.2, 0) is 9.84 Å². The predicted molar refractivity (Wildman–Crippen MR) is 79.1 cm³/mol. The van der Waals surface area contributed by atoms with Crippen molar-refractivity contribution in [3.63, 3.8) is 0 Å². The van der Waals surface area contributed by atoms with E-state index in [1.54, 1.807) is 0 Å². The standard InChI is InChI=1S/C15H22FNO2S/c1-10-4-5-12(8-11(10)2)17-15-9-13(20(3,18)19)6-7-14(15)16/h6-7,9-12,17H,4-5,8H2,1-3H3. The molecule has 0 radical (unpaired) electrons. The lowest BCUT2D eigenvalue weighted by Crippen LogP contribution is -2.30. The van der Waals surface area contributed by atoms with Crippen LogP contribution in [0.3, 0.4) is 0 Å². The highest BCUT2D eigenvalue weighted by atomic mass is 32.2. The van der Waals surface area contributed by atoms with E-state index in [9.17, 15) is 12.8 Å². The van der Waals surface area contributed by atoms with Gasteiger partial charge in [-0.15, -0.1) is 0 Å². The fraction of sp³-hybridized carbons (Fsp3) is 0.600. The van der Waals surface area contributed by atoms with Crippen LogP contribution in [-0.4, -0.2) is 20.7 Å². The molecule has 0 aromatic heterocycles. The summed E-state index contributed by atoms with van der Waals surface area (Å²) in [5, 5.41) is 3.17. The van der Waals surface area contributed by atoms with Gasteiger partial charge in [0.1, 0.15) is 5.82 Å². The summed E-state index contributed by atoms with van der Waals surface area (Å²) in [6, 6.07) is 4.13. The lowest BCUT2D eigenvalue weighted by molar-refractivity contribution is 0.260. The molecule has 0 saturated heterocycles. The summed E-state index contributed by atoms with van der Waals surface area (Å²) in [6.07, 6.45) is 4.23. The fourth-order valence-electron chi connectivity index (χ4n) is 2.74. The van der Waals surface area contributed by atoms with Gasteiger partial charge in [0.2, 0.25) is 0 Å². The number of nitrogens with one attached hydrogen (secondary N) is 1. The van der Waals surface area contributed by atoms with Crippen molar-refractivity contribution in [1.82, 2.24) is 0 Å². The largest absolute Gasteiger partial charge is 0.380 e. The van der Waals surface area contributed by atoms with E-state index in [2.05, 4.69) is 19.2 Å². The van der Waals surface area contributed by atoms with Crippen molar-refractivity contribution in [1.29, 1.82) is 0 Å². The molecule has 0 aliphatic heterocycles. The summed E-state index contributed by atoms with van der Waals surface area (Å²) in [7, 11) is -3.31. The minimum Gasteiger partial charge on any atom is -0.380 e. The van der Waals surface area contributed by atoms with E-state index in [4.69, 9.17) is 0 Å². The van der Waals surface area contributed by atoms with E-state index in [1.807, 2.05) is 0 Å². The van der Waals surface area contributed by atoms with Crippen LogP contribution in [0.5, 0.6) is 0 Å². The first-order valence-electron chi connectivity index (χ1n) is 7.03. The van der Waals surface area contributed by atoms with Gasteiger partial charge >= 0.3 is 0 Å². The first kappa shape index (κ1) is 15.3. The molecule has 0 amide bonds. The summed E-state index contributed by atoms with van der Waals surface area (Å²) in [4.78, 5) is 0.152. The molecule has 3 unspecified atom stereocenters. The third-order valence-corrected chi connectivity index (χ3v) is 5.43. The van der Waals surface area contributed by atoms with E-state index in [0.29, 0.717) is 17.5 Å². The molecule has 112 valence electrons. The van der Waals surface area contributed by atoms with Gasteiger partial charge in [-0.2, -0.15) is 0 Å². The zero-order valence-corrected chi connectivity index (χ0v) is 13.0. The number of hydrogen-bond acceptors (Lipinski definition) is 3. The van der Waals surface area contributed by atoms with E-state index in [1.165, 1.54) is 18.2 Å². The first-order valence-corrected chi connectivity index (χ1v) is 8.92. The molecule has 3 nitrogen and oxygen atoms in total. The van der Waals surface area contributed by atoms with Gasteiger partial charge in [0, 0.05) is 12.3 Å². The van der Waals surface area contributed by atoms with Crippen molar-refractivity contribution in [2.45, 2.75) is 44.0 Å². The van der Waals surface area contributed by atoms with E-state index >= 15 is 0 Å². The normalized spacial score (nSPS) is 27.3. The molecular weight excluding hydrogens is 277 g/mol. The molecule has 2 rings (SSSR count). The van der Waals surface area contributed by atoms with Gasteiger partial charge in [-0.05, 0) is 49.3 Å². The molecule has 1 fully saturated rings. The third-order valence-electron chi connectivity index (χ3n) is 4.32. The number of anilines is 1. The maximum atomic E-state index is 13.8. The van der Waals surface area contributed by atoms with Gasteiger partial charge in [-0.3, -0.25) is 0 Å². The Hall–Kier alpha value is -1.10. The number of hydrogen-bond donors (Lipinski definition) is 1. The lowest BCUT2D eigenvalue weighted by atomic mass is 9.79. The smallest absolute Gasteiger partial charge is 0.175 e. The Morgan fingerprint density at radius 2 is 1.90 bits per heavy atom. The number of halogens is 1. The molecule has 1 aromatic carbocycles. The second-order valence-corrected chi connectivity index (χ2v) is 8.04. The molecule has 0 bridgehead atoms.